The molecule has 1 unspecified atom stereocenters. The minimum Gasteiger partial charge on any atom is -0.462 e. The molecule has 0 amide bonds. The number of ether oxygens (including phenoxy) is 3. The van der Waals surface area contributed by atoms with Gasteiger partial charge < -0.3 is 14.2 Å². The van der Waals surface area contributed by atoms with Crippen molar-refractivity contribution in [2.45, 2.75) is 303 Å². The zero-order valence-electron chi connectivity index (χ0n) is 46.3. The number of carbonyl (C=O) groups excluding carboxylic acids is 3. The Hall–Kier alpha value is -3.15. The van der Waals surface area contributed by atoms with E-state index < -0.39 is 6.10 Å². The lowest BCUT2D eigenvalue weighted by molar-refractivity contribution is -0.167. The molecule has 0 fully saturated rings. The summed E-state index contributed by atoms with van der Waals surface area (Å²) in [5.74, 6) is -0.899. The Morgan fingerprint density at radius 3 is 1.00 bits per heavy atom. The van der Waals surface area contributed by atoms with Crippen LogP contribution in [0.15, 0.2) is 72.9 Å². The molecule has 6 nitrogen and oxygen atoms in total. The number of hydrogen-bond acceptors (Lipinski definition) is 6. The molecule has 0 spiro atoms. The van der Waals surface area contributed by atoms with Crippen LogP contribution in [-0.2, 0) is 28.6 Å². The third kappa shape index (κ3) is 55.8. The molecular weight excluding hydrogens is 865 g/mol. The van der Waals surface area contributed by atoms with Gasteiger partial charge in [-0.2, -0.15) is 0 Å². The summed E-state index contributed by atoms with van der Waals surface area (Å²) in [7, 11) is 0. The van der Waals surface area contributed by atoms with Crippen LogP contribution >= 0.6 is 0 Å². The van der Waals surface area contributed by atoms with Crippen molar-refractivity contribution in [3.8, 4) is 0 Å². The first kappa shape index (κ1) is 66.9. The van der Waals surface area contributed by atoms with Crippen molar-refractivity contribution >= 4 is 17.9 Å². The Labute approximate surface area is 433 Å². The molecule has 404 valence electrons. The fraction of sp³-hybridized carbons (Fsp3) is 0.766. The normalized spacial score (nSPS) is 12.6. The maximum absolute atomic E-state index is 12.9. The van der Waals surface area contributed by atoms with E-state index in [0.29, 0.717) is 19.3 Å². The van der Waals surface area contributed by atoms with Crippen LogP contribution in [0.25, 0.3) is 0 Å². The second-order valence-corrected chi connectivity index (χ2v) is 19.9. The van der Waals surface area contributed by atoms with Gasteiger partial charge in [0, 0.05) is 19.3 Å². The highest BCUT2D eigenvalue weighted by molar-refractivity contribution is 5.71. The summed E-state index contributed by atoms with van der Waals surface area (Å²) in [4.78, 5) is 38.2. The molecular formula is C64H112O6. The van der Waals surface area contributed by atoms with Gasteiger partial charge in [0.1, 0.15) is 13.2 Å². The van der Waals surface area contributed by atoms with Gasteiger partial charge in [-0.05, 0) is 103 Å². The van der Waals surface area contributed by atoms with Gasteiger partial charge in [0.25, 0.3) is 0 Å². The van der Waals surface area contributed by atoms with Crippen LogP contribution in [0.3, 0.4) is 0 Å². The van der Waals surface area contributed by atoms with Gasteiger partial charge in [0.15, 0.2) is 6.10 Å². The zero-order chi connectivity index (χ0) is 50.7. The maximum atomic E-state index is 12.9. The second kappa shape index (κ2) is 58.4. The van der Waals surface area contributed by atoms with Crippen LogP contribution in [0.1, 0.15) is 297 Å². The summed E-state index contributed by atoms with van der Waals surface area (Å²) in [6, 6.07) is 0. The number of carbonyl (C=O) groups is 3. The van der Waals surface area contributed by atoms with Crippen molar-refractivity contribution in [2.24, 2.45) is 0 Å². The quantitative estimate of drug-likeness (QED) is 0.0199. The predicted octanol–water partition coefficient (Wildman–Crippen LogP) is 20.2. The molecule has 0 heterocycles. The fourth-order valence-electron chi connectivity index (χ4n) is 8.44. The molecule has 0 aliphatic carbocycles. The van der Waals surface area contributed by atoms with Crippen molar-refractivity contribution in [2.75, 3.05) is 13.2 Å². The molecule has 0 saturated heterocycles. The first-order valence-electron chi connectivity index (χ1n) is 30.0. The molecule has 0 aromatic rings. The molecule has 0 aliphatic heterocycles. The lowest BCUT2D eigenvalue weighted by atomic mass is 10.1. The van der Waals surface area contributed by atoms with E-state index in [4.69, 9.17) is 14.2 Å². The number of hydrogen-bond donors (Lipinski definition) is 0. The molecule has 0 bridgehead atoms. The number of esters is 3. The highest BCUT2D eigenvalue weighted by Crippen LogP contribution is 2.16. The van der Waals surface area contributed by atoms with Crippen LogP contribution in [0.4, 0.5) is 0 Å². The summed E-state index contributed by atoms with van der Waals surface area (Å²) in [6.07, 6.45) is 74.6. The van der Waals surface area contributed by atoms with E-state index in [-0.39, 0.29) is 31.1 Å². The third-order valence-corrected chi connectivity index (χ3v) is 12.9. The molecule has 0 aromatic heterocycles. The summed E-state index contributed by atoms with van der Waals surface area (Å²) >= 11 is 0. The third-order valence-electron chi connectivity index (χ3n) is 12.9. The Balaban J connectivity index is 4.40. The lowest BCUT2D eigenvalue weighted by Gasteiger charge is -2.18. The molecule has 0 rings (SSSR count). The zero-order valence-corrected chi connectivity index (χ0v) is 46.3. The summed E-state index contributed by atoms with van der Waals surface area (Å²) < 4.78 is 16.9. The van der Waals surface area contributed by atoms with Gasteiger partial charge in [0.05, 0.1) is 0 Å². The van der Waals surface area contributed by atoms with Gasteiger partial charge in [-0.3, -0.25) is 14.4 Å². The first-order valence-corrected chi connectivity index (χ1v) is 30.0. The van der Waals surface area contributed by atoms with Crippen molar-refractivity contribution in [3.05, 3.63) is 72.9 Å². The van der Waals surface area contributed by atoms with Crippen LogP contribution in [0.5, 0.6) is 0 Å². The van der Waals surface area contributed by atoms with Crippen molar-refractivity contribution in [1.29, 1.82) is 0 Å². The SMILES string of the molecule is CC/C=C\C/C=C\C/C=C\CCCCCCCCCCCC(=O)OCC(COC(=O)CCCCCCCC/C=C\C=C/CCCCC)OC(=O)CCCCCCC/C=C\CCCCCCCCCCC. The average molecular weight is 978 g/mol. The van der Waals surface area contributed by atoms with E-state index in [1.54, 1.807) is 0 Å². The van der Waals surface area contributed by atoms with Gasteiger partial charge in [-0.1, -0.05) is 248 Å². The van der Waals surface area contributed by atoms with Gasteiger partial charge in [-0.15, -0.1) is 0 Å². The predicted molar refractivity (Wildman–Crippen MR) is 302 cm³/mol. The van der Waals surface area contributed by atoms with Crippen LogP contribution in [-0.4, -0.2) is 37.2 Å². The topological polar surface area (TPSA) is 78.9 Å². The molecule has 0 saturated carbocycles. The van der Waals surface area contributed by atoms with Gasteiger partial charge in [-0.25, -0.2) is 0 Å². The fourth-order valence-corrected chi connectivity index (χ4v) is 8.44. The molecule has 0 N–H and O–H groups in total. The van der Waals surface area contributed by atoms with E-state index in [2.05, 4.69) is 93.7 Å². The smallest absolute Gasteiger partial charge is 0.306 e. The summed E-state index contributed by atoms with van der Waals surface area (Å²) in [5, 5.41) is 0. The second-order valence-electron chi connectivity index (χ2n) is 19.9. The van der Waals surface area contributed by atoms with Crippen molar-refractivity contribution < 1.29 is 28.6 Å². The van der Waals surface area contributed by atoms with Crippen LogP contribution in [0.2, 0.25) is 0 Å². The summed E-state index contributed by atoms with van der Waals surface area (Å²) in [6.45, 7) is 6.51. The molecule has 70 heavy (non-hydrogen) atoms. The van der Waals surface area contributed by atoms with Gasteiger partial charge >= 0.3 is 17.9 Å². The average Bonchev–Trinajstić information content (AvgIpc) is 3.36. The van der Waals surface area contributed by atoms with Crippen molar-refractivity contribution in [3.63, 3.8) is 0 Å². The standard InChI is InChI=1S/C64H112O6/c1-4-7-10-13-16-19-22-25-28-30-32-34-36-39-42-45-48-51-54-57-63(66)69-60-61(59-68-62(65)56-53-50-47-44-41-38-35-27-24-21-18-15-12-9-6-3)70-64(67)58-55-52-49-46-43-40-37-33-31-29-26-23-20-17-14-11-8-5-2/h7,10,16,18-19,21,24-25,27-28,33,37,61H,4-6,8-9,11-15,17,20,22-23,26,29-32,34-36,38-60H2,1-3H3/b10-7-,19-16-,21-18-,27-24-,28-25-,37-33-. The van der Waals surface area contributed by atoms with Crippen molar-refractivity contribution in [1.82, 2.24) is 0 Å². The van der Waals surface area contributed by atoms with E-state index in [9.17, 15) is 14.4 Å². The summed E-state index contributed by atoms with van der Waals surface area (Å²) in [5.41, 5.74) is 0. The number of allylic oxidation sites excluding steroid dienone is 12. The first-order chi connectivity index (χ1) is 34.5. The molecule has 6 heteroatoms. The highest BCUT2D eigenvalue weighted by atomic mass is 16.6. The van der Waals surface area contributed by atoms with Crippen LogP contribution in [0, 0.1) is 0 Å². The Morgan fingerprint density at radius 2 is 0.600 bits per heavy atom. The molecule has 1 atom stereocenters. The highest BCUT2D eigenvalue weighted by Gasteiger charge is 2.19. The Morgan fingerprint density at radius 1 is 0.314 bits per heavy atom. The minimum atomic E-state index is -0.788. The largest absolute Gasteiger partial charge is 0.462 e. The monoisotopic (exact) mass is 977 g/mol. The molecule has 0 aromatic carbocycles. The Kier molecular flexibility index (Phi) is 55.8. The molecule has 0 aliphatic rings. The van der Waals surface area contributed by atoms with E-state index in [1.165, 1.54) is 161 Å². The van der Waals surface area contributed by atoms with E-state index >= 15 is 0 Å². The van der Waals surface area contributed by atoms with Gasteiger partial charge in [0.2, 0.25) is 0 Å². The lowest BCUT2D eigenvalue weighted by Crippen LogP contribution is -2.30. The van der Waals surface area contributed by atoms with Crippen LogP contribution < -0.4 is 0 Å². The maximum Gasteiger partial charge on any atom is 0.306 e. The van der Waals surface area contributed by atoms with E-state index in [1.807, 2.05) is 0 Å². The number of unbranched alkanes of at least 4 members (excludes halogenated alkanes) is 32. The number of rotatable bonds is 54. The Bertz CT molecular complexity index is 1310. The minimum absolute atomic E-state index is 0.0846. The molecule has 0 radical (unpaired) electrons. The van der Waals surface area contributed by atoms with E-state index in [0.717, 1.165) is 96.3 Å².